The molecule has 2 rings (SSSR count). The van der Waals surface area contributed by atoms with Gasteiger partial charge in [0.2, 0.25) is 5.82 Å². The Hall–Kier alpha value is -2.02. The monoisotopic (exact) mass is 254 g/mol. The second kappa shape index (κ2) is 4.69. The molecule has 7 heteroatoms. The quantitative estimate of drug-likeness (QED) is 0.628. The fourth-order valence-corrected chi connectivity index (χ4v) is 1.89. The first kappa shape index (κ1) is 12.4. The molecule has 0 unspecified atom stereocenters. The maximum Gasteiger partial charge on any atom is 0.305 e. The van der Waals surface area contributed by atoms with E-state index >= 15 is 0 Å². The van der Waals surface area contributed by atoms with Gasteiger partial charge in [-0.2, -0.15) is 4.39 Å². The Balaban J connectivity index is 2.26. The van der Waals surface area contributed by atoms with Gasteiger partial charge in [0.25, 0.3) is 5.91 Å². The number of hydrogen-bond donors (Lipinski definition) is 1. The fourth-order valence-electron chi connectivity index (χ4n) is 1.89. The van der Waals surface area contributed by atoms with E-state index in [0.717, 1.165) is 12.1 Å². The van der Waals surface area contributed by atoms with Crippen molar-refractivity contribution in [1.82, 2.24) is 4.90 Å². The lowest BCUT2D eigenvalue weighted by Gasteiger charge is -2.15. The first-order valence-electron chi connectivity index (χ1n) is 5.40. The zero-order chi connectivity index (χ0) is 13.3. The lowest BCUT2D eigenvalue weighted by Crippen LogP contribution is -2.29. The molecular weight excluding hydrogens is 243 g/mol. The average Bonchev–Trinajstić information content (AvgIpc) is 2.75. The molecule has 0 radical (unpaired) electrons. The second-order valence-electron chi connectivity index (χ2n) is 4.12. The van der Waals surface area contributed by atoms with Crippen LogP contribution < -0.4 is 0 Å². The van der Waals surface area contributed by atoms with Crippen LogP contribution in [0.4, 0.5) is 10.1 Å². The number of benzene rings is 1. The number of hydrogen-bond acceptors (Lipinski definition) is 4. The molecule has 1 fully saturated rings. The molecule has 1 aromatic carbocycles. The van der Waals surface area contributed by atoms with E-state index < -0.39 is 28.4 Å². The van der Waals surface area contributed by atoms with E-state index in [1.165, 1.54) is 11.0 Å². The SMILES string of the molecule is O=C(c1ccc(F)c([N+](=O)[O-])c1)N1CC[C@H](O)C1. The summed E-state index contributed by atoms with van der Waals surface area (Å²) < 4.78 is 13.1. The van der Waals surface area contributed by atoms with Crippen LogP contribution in [-0.2, 0) is 0 Å². The molecule has 96 valence electrons. The number of amides is 1. The molecule has 1 atom stereocenters. The Morgan fingerprint density at radius 1 is 1.56 bits per heavy atom. The van der Waals surface area contributed by atoms with Crippen LogP contribution in [0.3, 0.4) is 0 Å². The molecule has 0 saturated carbocycles. The van der Waals surface area contributed by atoms with Crippen LogP contribution in [0.25, 0.3) is 0 Å². The highest BCUT2D eigenvalue weighted by Gasteiger charge is 2.27. The summed E-state index contributed by atoms with van der Waals surface area (Å²) >= 11 is 0. The van der Waals surface area contributed by atoms with Gasteiger partial charge in [-0.15, -0.1) is 0 Å². The molecule has 0 bridgehead atoms. The fraction of sp³-hybridized carbons (Fsp3) is 0.364. The van der Waals surface area contributed by atoms with Crippen LogP contribution in [-0.4, -0.2) is 40.0 Å². The van der Waals surface area contributed by atoms with Gasteiger partial charge < -0.3 is 10.0 Å². The maximum absolute atomic E-state index is 13.1. The predicted molar refractivity (Wildman–Crippen MR) is 59.6 cm³/mol. The van der Waals surface area contributed by atoms with E-state index in [9.17, 15) is 24.4 Å². The van der Waals surface area contributed by atoms with Crippen molar-refractivity contribution < 1.29 is 19.2 Å². The third-order valence-corrected chi connectivity index (χ3v) is 2.84. The highest BCUT2D eigenvalue weighted by atomic mass is 19.1. The number of aliphatic hydroxyl groups excluding tert-OH is 1. The van der Waals surface area contributed by atoms with E-state index in [0.29, 0.717) is 13.0 Å². The van der Waals surface area contributed by atoms with Crippen LogP contribution in [0.5, 0.6) is 0 Å². The van der Waals surface area contributed by atoms with Crippen LogP contribution in [0, 0.1) is 15.9 Å². The van der Waals surface area contributed by atoms with Crippen molar-refractivity contribution in [2.45, 2.75) is 12.5 Å². The van der Waals surface area contributed by atoms with Gasteiger partial charge in [0.1, 0.15) is 0 Å². The highest BCUT2D eigenvalue weighted by Crippen LogP contribution is 2.21. The third-order valence-electron chi connectivity index (χ3n) is 2.84. The van der Waals surface area contributed by atoms with Crippen molar-refractivity contribution in [3.8, 4) is 0 Å². The molecule has 1 saturated heterocycles. The number of nitro groups is 1. The van der Waals surface area contributed by atoms with Crippen molar-refractivity contribution in [2.75, 3.05) is 13.1 Å². The summed E-state index contributed by atoms with van der Waals surface area (Å²) in [5, 5.41) is 19.9. The summed E-state index contributed by atoms with van der Waals surface area (Å²) in [6, 6.07) is 3.02. The molecule has 0 spiro atoms. The van der Waals surface area contributed by atoms with Gasteiger partial charge in [-0.1, -0.05) is 0 Å². The molecule has 1 aliphatic rings. The molecule has 0 aromatic heterocycles. The number of halogens is 1. The van der Waals surface area contributed by atoms with E-state index in [2.05, 4.69) is 0 Å². The van der Waals surface area contributed by atoms with Gasteiger partial charge in [0, 0.05) is 24.7 Å². The number of aliphatic hydroxyl groups is 1. The molecular formula is C11H11FN2O4. The average molecular weight is 254 g/mol. The van der Waals surface area contributed by atoms with Gasteiger partial charge in [-0.05, 0) is 18.6 Å². The van der Waals surface area contributed by atoms with Gasteiger partial charge in [0.05, 0.1) is 11.0 Å². The van der Waals surface area contributed by atoms with Crippen molar-refractivity contribution in [3.05, 3.63) is 39.7 Å². The Morgan fingerprint density at radius 3 is 2.83 bits per heavy atom. The predicted octanol–water partition coefficient (Wildman–Crippen LogP) is 0.941. The smallest absolute Gasteiger partial charge is 0.305 e. The van der Waals surface area contributed by atoms with Crippen molar-refractivity contribution in [3.63, 3.8) is 0 Å². The Bertz CT molecular complexity index is 506. The Morgan fingerprint density at radius 2 is 2.28 bits per heavy atom. The first-order chi connectivity index (χ1) is 8.49. The number of rotatable bonds is 2. The molecule has 1 N–H and O–H groups in total. The summed E-state index contributed by atoms with van der Waals surface area (Å²) in [4.78, 5) is 23.0. The normalized spacial score (nSPS) is 19.0. The molecule has 0 aliphatic carbocycles. The Kier molecular flexibility index (Phi) is 3.24. The van der Waals surface area contributed by atoms with Gasteiger partial charge in [-0.25, -0.2) is 0 Å². The van der Waals surface area contributed by atoms with Crippen LogP contribution in [0.1, 0.15) is 16.8 Å². The number of likely N-dealkylation sites (tertiary alicyclic amines) is 1. The molecule has 6 nitrogen and oxygen atoms in total. The minimum atomic E-state index is -0.974. The van der Waals surface area contributed by atoms with E-state index in [1.807, 2.05) is 0 Å². The Labute approximate surface area is 102 Å². The largest absolute Gasteiger partial charge is 0.391 e. The van der Waals surface area contributed by atoms with Crippen molar-refractivity contribution in [1.29, 1.82) is 0 Å². The summed E-state index contributed by atoms with van der Waals surface area (Å²) in [6.07, 6.45) is -0.0842. The number of β-amino-alcohol motifs (C(OH)–C–C–N with tert-alkyl or cyclic N) is 1. The molecule has 1 amide bonds. The van der Waals surface area contributed by atoms with Gasteiger partial charge >= 0.3 is 5.69 Å². The zero-order valence-corrected chi connectivity index (χ0v) is 9.38. The maximum atomic E-state index is 13.1. The first-order valence-corrected chi connectivity index (χ1v) is 5.40. The lowest BCUT2D eigenvalue weighted by molar-refractivity contribution is -0.387. The van der Waals surface area contributed by atoms with Gasteiger partial charge in [0.15, 0.2) is 0 Å². The van der Waals surface area contributed by atoms with Crippen LogP contribution in [0.15, 0.2) is 18.2 Å². The minimum Gasteiger partial charge on any atom is -0.391 e. The van der Waals surface area contributed by atoms with E-state index in [1.54, 1.807) is 0 Å². The van der Waals surface area contributed by atoms with Crippen molar-refractivity contribution in [2.24, 2.45) is 0 Å². The summed E-state index contributed by atoms with van der Waals surface area (Å²) in [5.74, 6) is -1.41. The van der Waals surface area contributed by atoms with Crippen LogP contribution in [0.2, 0.25) is 0 Å². The lowest BCUT2D eigenvalue weighted by atomic mass is 10.1. The topological polar surface area (TPSA) is 83.7 Å². The zero-order valence-electron chi connectivity index (χ0n) is 9.38. The van der Waals surface area contributed by atoms with Crippen LogP contribution >= 0.6 is 0 Å². The number of carbonyl (C=O) groups is 1. The number of nitrogens with zero attached hydrogens (tertiary/aromatic N) is 2. The second-order valence-corrected chi connectivity index (χ2v) is 4.12. The molecule has 1 aromatic rings. The van der Waals surface area contributed by atoms with Gasteiger partial charge in [-0.3, -0.25) is 14.9 Å². The third kappa shape index (κ3) is 2.30. The molecule has 1 heterocycles. The molecule has 18 heavy (non-hydrogen) atoms. The minimum absolute atomic E-state index is 0.0530. The molecule has 1 aliphatic heterocycles. The summed E-state index contributed by atoms with van der Waals surface area (Å²) in [7, 11) is 0. The standard InChI is InChI=1S/C11H11FN2O4/c12-9-2-1-7(5-10(9)14(17)18)11(16)13-4-3-8(15)6-13/h1-2,5,8,15H,3-4,6H2/t8-/m0/s1. The van der Waals surface area contributed by atoms with E-state index in [4.69, 9.17) is 0 Å². The van der Waals surface area contributed by atoms with Crippen molar-refractivity contribution >= 4 is 11.6 Å². The number of nitro benzene ring substituents is 1. The number of carbonyl (C=O) groups excluding carboxylic acids is 1. The summed E-state index contributed by atoms with van der Waals surface area (Å²) in [5.41, 5.74) is -0.669. The highest BCUT2D eigenvalue weighted by molar-refractivity contribution is 5.95. The van der Waals surface area contributed by atoms with E-state index in [-0.39, 0.29) is 12.1 Å². The summed E-state index contributed by atoms with van der Waals surface area (Å²) in [6.45, 7) is 0.592.